The summed E-state index contributed by atoms with van der Waals surface area (Å²) in [6, 6.07) is 2.32. The van der Waals surface area contributed by atoms with Crippen molar-refractivity contribution in [3.63, 3.8) is 0 Å². The summed E-state index contributed by atoms with van der Waals surface area (Å²) in [5.41, 5.74) is 0. The molecule has 1 aliphatic carbocycles. The maximum absolute atomic E-state index is 9.07. The van der Waals surface area contributed by atoms with Crippen LogP contribution in [0.5, 0.6) is 0 Å². The smallest absolute Gasteiger partial charge is 0.185 e. The van der Waals surface area contributed by atoms with Crippen molar-refractivity contribution in [3.8, 4) is 6.07 Å². The van der Waals surface area contributed by atoms with E-state index in [1.165, 1.54) is 32.1 Å². The molecule has 3 heteroatoms. The molecule has 0 aromatic heterocycles. The third-order valence-electron chi connectivity index (χ3n) is 2.91. The number of nitrogens with zero attached hydrogens (tertiary/aromatic N) is 1. The second-order valence-corrected chi connectivity index (χ2v) is 10.0. The summed E-state index contributed by atoms with van der Waals surface area (Å²) in [6.07, 6.45) is 7.47. The highest BCUT2D eigenvalue weighted by Crippen LogP contribution is 2.28. The van der Waals surface area contributed by atoms with E-state index in [4.69, 9.17) is 9.69 Å². The van der Waals surface area contributed by atoms with Crippen molar-refractivity contribution in [2.75, 3.05) is 0 Å². The van der Waals surface area contributed by atoms with Crippen LogP contribution in [-0.4, -0.2) is 14.4 Å². The predicted molar refractivity (Wildman–Crippen MR) is 65.0 cm³/mol. The van der Waals surface area contributed by atoms with Gasteiger partial charge < -0.3 is 4.43 Å². The van der Waals surface area contributed by atoms with Gasteiger partial charge in [0.25, 0.3) is 0 Å². The fraction of sp³-hybridized carbons (Fsp3) is 0.917. The Morgan fingerprint density at radius 2 is 1.87 bits per heavy atom. The molecule has 0 heterocycles. The topological polar surface area (TPSA) is 33.0 Å². The van der Waals surface area contributed by atoms with Crippen LogP contribution in [0.2, 0.25) is 19.6 Å². The Labute approximate surface area is 94.8 Å². The van der Waals surface area contributed by atoms with E-state index in [-0.39, 0.29) is 6.10 Å². The van der Waals surface area contributed by atoms with Crippen LogP contribution >= 0.6 is 0 Å². The molecule has 15 heavy (non-hydrogen) atoms. The van der Waals surface area contributed by atoms with Gasteiger partial charge in [-0.15, -0.1) is 0 Å². The number of rotatable bonds is 4. The summed E-state index contributed by atoms with van der Waals surface area (Å²) in [5, 5.41) is 9.07. The summed E-state index contributed by atoms with van der Waals surface area (Å²) in [5.74, 6) is 0.736. The highest BCUT2D eigenvalue weighted by atomic mass is 28.4. The first-order chi connectivity index (χ1) is 7.01. The molecule has 0 bridgehead atoms. The maximum atomic E-state index is 9.07. The second kappa shape index (κ2) is 5.67. The van der Waals surface area contributed by atoms with Crippen LogP contribution in [0.3, 0.4) is 0 Å². The minimum atomic E-state index is -1.55. The third kappa shape index (κ3) is 5.34. The molecule has 0 amide bonds. The fourth-order valence-electron chi connectivity index (χ4n) is 2.28. The van der Waals surface area contributed by atoms with E-state index >= 15 is 0 Å². The first-order valence-corrected chi connectivity index (χ1v) is 9.49. The molecule has 0 aromatic rings. The zero-order valence-electron chi connectivity index (χ0n) is 10.3. The molecule has 86 valence electrons. The molecule has 1 saturated carbocycles. The molecule has 0 radical (unpaired) electrons. The van der Waals surface area contributed by atoms with E-state index < -0.39 is 8.32 Å². The average molecular weight is 225 g/mol. The van der Waals surface area contributed by atoms with Crippen LogP contribution in [0, 0.1) is 17.2 Å². The van der Waals surface area contributed by atoms with Gasteiger partial charge in [-0.2, -0.15) is 5.26 Å². The minimum Gasteiger partial charge on any atom is -0.402 e. The lowest BCUT2D eigenvalue weighted by atomic mass is 9.86. The van der Waals surface area contributed by atoms with E-state index in [1.54, 1.807) is 0 Å². The van der Waals surface area contributed by atoms with Gasteiger partial charge >= 0.3 is 0 Å². The summed E-state index contributed by atoms with van der Waals surface area (Å²) in [7, 11) is -1.55. The molecule has 0 N–H and O–H groups in total. The summed E-state index contributed by atoms with van der Waals surface area (Å²) in [6.45, 7) is 6.45. The standard InChI is InChI=1S/C12H23NOSi/c1-15(2,3)14-12(10-13)9-11-7-5-4-6-8-11/h11-12H,4-9H2,1-3H3. The lowest BCUT2D eigenvalue weighted by Gasteiger charge is -2.27. The highest BCUT2D eigenvalue weighted by molar-refractivity contribution is 6.69. The monoisotopic (exact) mass is 225 g/mol. The summed E-state index contributed by atoms with van der Waals surface area (Å²) in [4.78, 5) is 0. The van der Waals surface area contributed by atoms with Gasteiger partial charge in [-0.3, -0.25) is 0 Å². The van der Waals surface area contributed by atoms with E-state index in [1.807, 2.05) is 0 Å². The third-order valence-corrected chi connectivity index (χ3v) is 3.90. The Balaban J connectivity index is 2.36. The van der Waals surface area contributed by atoms with Gasteiger partial charge in [0, 0.05) is 0 Å². The van der Waals surface area contributed by atoms with Crippen molar-refractivity contribution in [3.05, 3.63) is 0 Å². The van der Waals surface area contributed by atoms with Gasteiger partial charge in [-0.05, 0) is 32.0 Å². The van der Waals surface area contributed by atoms with Crippen LogP contribution in [0.1, 0.15) is 38.5 Å². The molecule has 0 aromatic carbocycles. The molecule has 0 spiro atoms. The average Bonchev–Trinajstić information content (AvgIpc) is 2.16. The van der Waals surface area contributed by atoms with Crippen molar-refractivity contribution in [1.82, 2.24) is 0 Å². The minimum absolute atomic E-state index is 0.153. The van der Waals surface area contributed by atoms with Crippen molar-refractivity contribution in [1.29, 1.82) is 5.26 Å². The van der Waals surface area contributed by atoms with Gasteiger partial charge in [0.2, 0.25) is 0 Å². The molecule has 2 nitrogen and oxygen atoms in total. The van der Waals surface area contributed by atoms with Crippen LogP contribution in [-0.2, 0) is 4.43 Å². The largest absolute Gasteiger partial charge is 0.402 e. The molecule has 1 rings (SSSR count). The Morgan fingerprint density at radius 1 is 1.27 bits per heavy atom. The normalized spacial score (nSPS) is 20.9. The van der Waals surface area contributed by atoms with Gasteiger partial charge in [0.15, 0.2) is 8.32 Å². The molecular weight excluding hydrogens is 202 g/mol. The molecule has 1 aliphatic rings. The molecular formula is C12H23NOSi. The van der Waals surface area contributed by atoms with Crippen molar-refractivity contribution < 1.29 is 4.43 Å². The zero-order chi connectivity index (χ0) is 11.3. The molecule has 0 aliphatic heterocycles. The van der Waals surface area contributed by atoms with Gasteiger partial charge in [-0.1, -0.05) is 32.1 Å². The first-order valence-electron chi connectivity index (χ1n) is 6.09. The van der Waals surface area contributed by atoms with Crippen molar-refractivity contribution in [2.45, 2.75) is 64.3 Å². The lowest BCUT2D eigenvalue weighted by molar-refractivity contribution is 0.190. The van der Waals surface area contributed by atoms with Gasteiger partial charge in [0.05, 0.1) is 6.07 Å². The summed E-state index contributed by atoms with van der Waals surface area (Å²) < 4.78 is 5.87. The van der Waals surface area contributed by atoms with Crippen molar-refractivity contribution in [2.24, 2.45) is 5.92 Å². The van der Waals surface area contributed by atoms with Crippen LogP contribution in [0.15, 0.2) is 0 Å². The van der Waals surface area contributed by atoms with E-state index in [2.05, 4.69) is 25.7 Å². The first kappa shape index (κ1) is 12.7. The Hall–Kier alpha value is -0.333. The number of nitriles is 1. The van der Waals surface area contributed by atoms with E-state index in [0.717, 1.165) is 12.3 Å². The lowest BCUT2D eigenvalue weighted by Crippen LogP contribution is -2.32. The van der Waals surface area contributed by atoms with Crippen LogP contribution in [0.25, 0.3) is 0 Å². The molecule has 1 fully saturated rings. The van der Waals surface area contributed by atoms with Crippen LogP contribution in [0.4, 0.5) is 0 Å². The van der Waals surface area contributed by atoms with E-state index in [0.29, 0.717) is 0 Å². The second-order valence-electron chi connectivity index (χ2n) is 5.59. The molecule has 0 saturated heterocycles. The Morgan fingerprint density at radius 3 is 2.33 bits per heavy atom. The predicted octanol–water partition coefficient (Wildman–Crippen LogP) is 3.70. The SMILES string of the molecule is C[Si](C)(C)OC(C#N)CC1CCCCC1. The van der Waals surface area contributed by atoms with Crippen LogP contribution < -0.4 is 0 Å². The number of hydrogen-bond acceptors (Lipinski definition) is 2. The summed E-state index contributed by atoms with van der Waals surface area (Å²) >= 11 is 0. The molecule has 1 unspecified atom stereocenters. The number of hydrogen-bond donors (Lipinski definition) is 0. The maximum Gasteiger partial charge on any atom is 0.185 e. The fourth-order valence-corrected chi connectivity index (χ4v) is 3.28. The van der Waals surface area contributed by atoms with Gasteiger partial charge in [0.1, 0.15) is 6.10 Å². The zero-order valence-corrected chi connectivity index (χ0v) is 11.3. The Kier molecular flexibility index (Phi) is 4.81. The van der Waals surface area contributed by atoms with Gasteiger partial charge in [-0.25, -0.2) is 0 Å². The quantitative estimate of drug-likeness (QED) is 0.683. The molecule has 1 atom stereocenters. The highest BCUT2D eigenvalue weighted by Gasteiger charge is 2.24. The van der Waals surface area contributed by atoms with Crippen molar-refractivity contribution >= 4 is 8.32 Å². The Bertz CT molecular complexity index is 223. The van der Waals surface area contributed by atoms with E-state index in [9.17, 15) is 0 Å².